The van der Waals surface area contributed by atoms with Crippen LogP contribution in [-0.4, -0.2) is 31.0 Å². The molecule has 2 aromatic heterocycles. The van der Waals surface area contributed by atoms with Gasteiger partial charge in [0, 0.05) is 18.0 Å². The molecule has 76 valence electrons. The molecule has 0 aromatic carbocycles. The Hall–Kier alpha value is -2.31. The zero-order chi connectivity index (χ0) is 10.7. The third kappa shape index (κ3) is 1.96. The average Bonchev–Trinajstić information content (AvgIpc) is 2.66. The molecule has 0 amide bonds. The van der Waals surface area contributed by atoms with Gasteiger partial charge in [-0.1, -0.05) is 9.89 Å². The molecule has 0 radical (unpaired) electrons. The van der Waals surface area contributed by atoms with Crippen LogP contribution in [-0.2, 0) is 0 Å². The van der Waals surface area contributed by atoms with Gasteiger partial charge in [0.25, 0.3) is 5.95 Å². The number of hydrogen-bond donors (Lipinski definition) is 1. The van der Waals surface area contributed by atoms with Gasteiger partial charge in [-0.05, 0) is 29.5 Å². The van der Waals surface area contributed by atoms with Crippen molar-refractivity contribution >= 4 is 11.7 Å². The minimum atomic E-state index is 0.156. The van der Waals surface area contributed by atoms with Crippen LogP contribution in [0.3, 0.4) is 0 Å². The van der Waals surface area contributed by atoms with Crippen molar-refractivity contribution in [2.24, 2.45) is 5.10 Å². The van der Waals surface area contributed by atoms with Crippen LogP contribution in [0, 0.1) is 0 Å². The lowest BCUT2D eigenvalue weighted by molar-refractivity contribution is 0.696. The van der Waals surface area contributed by atoms with Gasteiger partial charge in [-0.15, -0.1) is 0 Å². The predicted octanol–water partition coefficient (Wildman–Crippen LogP) is -0.0774. The zero-order valence-electron chi connectivity index (χ0n) is 8.07. The van der Waals surface area contributed by atoms with Crippen molar-refractivity contribution in [3.8, 4) is 0 Å². The molecule has 0 aliphatic heterocycles. The Morgan fingerprint density at radius 3 is 2.73 bits per heavy atom. The Labute approximate surface area is 85.6 Å². The van der Waals surface area contributed by atoms with Gasteiger partial charge in [0.15, 0.2) is 0 Å². The second kappa shape index (κ2) is 3.82. The van der Waals surface area contributed by atoms with Crippen molar-refractivity contribution in [1.82, 2.24) is 25.3 Å². The van der Waals surface area contributed by atoms with Crippen LogP contribution >= 0.6 is 0 Å². The van der Waals surface area contributed by atoms with Gasteiger partial charge in [0.1, 0.15) is 0 Å². The van der Waals surface area contributed by atoms with Gasteiger partial charge in [-0.25, -0.2) is 0 Å². The lowest BCUT2D eigenvalue weighted by atomic mass is 10.2. The Bertz CT molecular complexity index is 473. The molecule has 15 heavy (non-hydrogen) atoms. The number of rotatable bonds is 2. The Morgan fingerprint density at radius 2 is 2.13 bits per heavy atom. The van der Waals surface area contributed by atoms with E-state index in [0.29, 0.717) is 0 Å². The largest absolute Gasteiger partial charge is 0.365 e. The van der Waals surface area contributed by atoms with Gasteiger partial charge in [-0.3, -0.25) is 4.98 Å². The molecule has 0 spiro atoms. The van der Waals surface area contributed by atoms with E-state index in [1.54, 1.807) is 12.4 Å². The first-order chi connectivity index (χ1) is 7.27. The number of pyridine rings is 1. The van der Waals surface area contributed by atoms with E-state index < -0.39 is 0 Å². The summed E-state index contributed by atoms with van der Waals surface area (Å²) in [5, 5.41) is 14.7. The molecule has 0 saturated carbocycles. The van der Waals surface area contributed by atoms with Crippen LogP contribution in [0.1, 0.15) is 12.5 Å². The van der Waals surface area contributed by atoms with Gasteiger partial charge in [0.2, 0.25) is 0 Å². The lowest BCUT2D eigenvalue weighted by Gasteiger charge is -1.98. The number of aromatic nitrogens is 5. The molecule has 2 N–H and O–H groups in total. The molecule has 2 rings (SSSR count). The highest BCUT2D eigenvalue weighted by molar-refractivity contribution is 5.98. The van der Waals surface area contributed by atoms with E-state index in [0.717, 1.165) is 11.3 Å². The smallest absolute Gasteiger partial charge is 0.263 e. The highest BCUT2D eigenvalue weighted by Crippen LogP contribution is 2.00. The molecular weight excluding hydrogens is 194 g/mol. The van der Waals surface area contributed by atoms with Crippen molar-refractivity contribution in [2.45, 2.75) is 6.92 Å². The minimum absolute atomic E-state index is 0.156. The van der Waals surface area contributed by atoms with Gasteiger partial charge in [0.05, 0.1) is 5.71 Å². The summed E-state index contributed by atoms with van der Waals surface area (Å²) in [4.78, 5) is 5.09. The van der Waals surface area contributed by atoms with Crippen LogP contribution in [0.15, 0.2) is 29.6 Å². The number of tetrazole rings is 1. The van der Waals surface area contributed by atoms with Gasteiger partial charge in [-0.2, -0.15) is 5.10 Å². The molecule has 0 fully saturated rings. The summed E-state index contributed by atoms with van der Waals surface area (Å²) in [5.41, 5.74) is 7.18. The van der Waals surface area contributed by atoms with E-state index in [1.807, 2.05) is 19.1 Å². The zero-order valence-corrected chi connectivity index (χ0v) is 8.07. The Morgan fingerprint density at radius 1 is 1.40 bits per heavy atom. The number of anilines is 1. The standard InChI is InChI=1S/C8H9N7/c1-6(7-2-4-10-5-3-7)12-15-8(9)11-13-14-15/h2-5H,1H3,(H2,9,11,14)/b12-6+. The fourth-order valence-electron chi connectivity index (χ4n) is 1.05. The third-order valence-electron chi connectivity index (χ3n) is 1.82. The summed E-state index contributed by atoms with van der Waals surface area (Å²) >= 11 is 0. The van der Waals surface area contributed by atoms with E-state index in [9.17, 15) is 0 Å². The quantitative estimate of drug-likeness (QED) is 0.689. The molecule has 0 aliphatic carbocycles. The highest BCUT2D eigenvalue weighted by atomic mass is 15.7. The number of nitrogens with zero attached hydrogens (tertiary/aromatic N) is 6. The molecular formula is C8H9N7. The van der Waals surface area contributed by atoms with Crippen LogP contribution < -0.4 is 5.73 Å². The lowest BCUT2D eigenvalue weighted by Crippen LogP contribution is -2.04. The maximum Gasteiger partial charge on any atom is 0.263 e. The topological polar surface area (TPSA) is 94.9 Å². The second-order valence-corrected chi connectivity index (χ2v) is 2.85. The molecule has 2 heterocycles. The summed E-state index contributed by atoms with van der Waals surface area (Å²) in [5.74, 6) is 0.156. The van der Waals surface area contributed by atoms with Crippen molar-refractivity contribution < 1.29 is 0 Å². The van der Waals surface area contributed by atoms with E-state index in [1.165, 1.54) is 4.79 Å². The molecule has 0 aliphatic rings. The van der Waals surface area contributed by atoms with Crippen molar-refractivity contribution in [2.75, 3.05) is 5.73 Å². The van der Waals surface area contributed by atoms with Crippen LogP contribution in [0.25, 0.3) is 0 Å². The minimum Gasteiger partial charge on any atom is -0.365 e. The Kier molecular flexibility index (Phi) is 2.36. The van der Waals surface area contributed by atoms with Crippen LogP contribution in [0.4, 0.5) is 5.95 Å². The summed E-state index contributed by atoms with van der Waals surface area (Å²) < 4.78 is 0. The van der Waals surface area contributed by atoms with E-state index in [2.05, 4.69) is 25.6 Å². The monoisotopic (exact) mass is 203 g/mol. The average molecular weight is 203 g/mol. The Balaban J connectivity index is 2.33. The number of hydrogen-bond acceptors (Lipinski definition) is 6. The molecule has 7 heteroatoms. The van der Waals surface area contributed by atoms with E-state index in [4.69, 9.17) is 5.73 Å². The fraction of sp³-hybridized carbons (Fsp3) is 0.125. The van der Waals surface area contributed by atoms with Gasteiger partial charge >= 0.3 is 0 Å². The molecule has 0 atom stereocenters. The molecule has 2 aromatic rings. The maximum atomic E-state index is 5.47. The number of nitrogen functional groups attached to an aromatic ring is 1. The van der Waals surface area contributed by atoms with Crippen molar-refractivity contribution in [3.05, 3.63) is 30.1 Å². The fourth-order valence-corrected chi connectivity index (χ4v) is 1.05. The van der Waals surface area contributed by atoms with Gasteiger partial charge < -0.3 is 5.73 Å². The highest BCUT2D eigenvalue weighted by Gasteiger charge is 2.01. The molecule has 0 unspecified atom stereocenters. The molecule has 7 nitrogen and oxygen atoms in total. The normalized spacial score (nSPS) is 11.7. The predicted molar refractivity (Wildman–Crippen MR) is 54.1 cm³/mol. The van der Waals surface area contributed by atoms with Crippen molar-refractivity contribution in [1.29, 1.82) is 0 Å². The summed E-state index contributed by atoms with van der Waals surface area (Å²) in [6.07, 6.45) is 3.38. The summed E-state index contributed by atoms with van der Waals surface area (Å²) in [7, 11) is 0. The second-order valence-electron chi connectivity index (χ2n) is 2.85. The van der Waals surface area contributed by atoms with E-state index >= 15 is 0 Å². The van der Waals surface area contributed by atoms with E-state index in [-0.39, 0.29) is 5.95 Å². The van der Waals surface area contributed by atoms with Crippen LogP contribution in [0.5, 0.6) is 0 Å². The number of nitrogens with two attached hydrogens (primary N) is 1. The van der Waals surface area contributed by atoms with Crippen molar-refractivity contribution in [3.63, 3.8) is 0 Å². The van der Waals surface area contributed by atoms with Crippen LogP contribution in [0.2, 0.25) is 0 Å². The summed E-state index contributed by atoms with van der Waals surface area (Å²) in [6.45, 7) is 1.84. The molecule has 0 bridgehead atoms. The first-order valence-electron chi connectivity index (χ1n) is 4.27. The first kappa shape index (κ1) is 9.25. The third-order valence-corrected chi connectivity index (χ3v) is 1.82. The maximum absolute atomic E-state index is 5.47. The summed E-state index contributed by atoms with van der Waals surface area (Å²) in [6, 6.07) is 3.69. The SMILES string of the molecule is C/C(=N\n1nnnc1N)c1ccncc1. The first-order valence-corrected chi connectivity index (χ1v) is 4.27. The molecule has 0 saturated heterocycles.